The van der Waals surface area contributed by atoms with E-state index in [-0.39, 0.29) is 21.8 Å². The second-order valence-corrected chi connectivity index (χ2v) is 4.88. The normalized spacial score (nSPS) is 11.3. The number of aromatic nitrogens is 1. The first-order valence-corrected chi connectivity index (χ1v) is 6.37. The van der Waals surface area contributed by atoms with E-state index in [0.29, 0.717) is 0 Å². The van der Waals surface area contributed by atoms with Crippen LogP contribution >= 0.6 is 15.9 Å². The van der Waals surface area contributed by atoms with Crippen molar-refractivity contribution in [2.45, 2.75) is 6.18 Å². The molecular formula is C12H9BrF4N4. The Labute approximate surface area is 125 Å². The Bertz CT molecular complexity index is 660. The van der Waals surface area contributed by atoms with Gasteiger partial charge in [0.2, 0.25) is 0 Å². The van der Waals surface area contributed by atoms with Crippen LogP contribution in [0, 0.1) is 5.82 Å². The summed E-state index contributed by atoms with van der Waals surface area (Å²) in [5, 5.41) is 2.59. The van der Waals surface area contributed by atoms with E-state index in [1.807, 2.05) is 0 Å². The molecule has 0 aliphatic heterocycles. The lowest BCUT2D eigenvalue weighted by Crippen LogP contribution is -2.13. The monoisotopic (exact) mass is 364 g/mol. The van der Waals surface area contributed by atoms with E-state index in [1.165, 1.54) is 12.1 Å². The third-order valence-corrected chi connectivity index (χ3v) is 3.14. The molecule has 2 aromatic rings. The van der Waals surface area contributed by atoms with Gasteiger partial charge in [-0.3, -0.25) is 0 Å². The molecule has 0 atom stereocenters. The van der Waals surface area contributed by atoms with Crippen molar-refractivity contribution in [3.8, 4) is 0 Å². The average Bonchev–Trinajstić information content (AvgIpc) is 2.41. The molecule has 1 aromatic heterocycles. The van der Waals surface area contributed by atoms with Gasteiger partial charge in [0.25, 0.3) is 0 Å². The van der Waals surface area contributed by atoms with Crippen LogP contribution in [0.4, 0.5) is 34.9 Å². The van der Waals surface area contributed by atoms with Gasteiger partial charge in [-0.05, 0) is 46.3 Å². The maximum absolute atomic E-state index is 13.4. The van der Waals surface area contributed by atoms with E-state index in [0.717, 1.165) is 18.2 Å². The summed E-state index contributed by atoms with van der Waals surface area (Å²) >= 11 is 2.98. The second kappa shape index (κ2) is 5.86. The minimum atomic E-state index is -4.55. The first kappa shape index (κ1) is 15.5. The number of hydrazine groups is 1. The summed E-state index contributed by atoms with van der Waals surface area (Å²) in [7, 11) is 0. The van der Waals surface area contributed by atoms with Crippen LogP contribution in [-0.2, 0) is 6.18 Å². The fraction of sp³-hybridized carbons (Fsp3) is 0.0833. The molecule has 0 fully saturated rings. The highest BCUT2D eigenvalue weighted by molar-refractivity contribution is 9.10. The Hall–Kier alpha value is -1.87. The van der Waals surface area contributed by atoms with Crippen LogP contribution in [0.15, 0.2) is 34.8 Å². The van der Waals surface area contributed by atoms with E-state index in [9.17, 15) is 17.6 Å². The van der Waals surface area contributed by atoms with Gasteiger partial charge in [0.05, 0.1) is 10.0 Å². The van der Waals surface area contributed by atoms with Crippen LogP contribution in [0.25, 0.3) is 0 Å². The molecule has 0 spiro atoms. The van der Waals surface area contributed by atoms with Crippen molar-refractivity contribution in [2.75, 3.05) is 10.7 Å². The second-order valence-electron chi connectivity index (χ2n) is 4.02. The van der Waals surface area contributed by atoms with Crippen LogP contribution in [0.1, 0.15) is 5.56 Å². The first-order valence-electron chi connectivity index (χ1n) is 5.57. The van der Waals surface area contributed by atoms with Crippen LogP contribution in [-0.4, -0.2) is 4.98 Å². The van der Waals surface area contributed by atoms with Crippen LogP contribution in [0.2, 0.25) is 0 Å². The smallest absolute Gasteiger partial charge is 0.340 e. The minimum Gasteiger partial charge on any atom is -0.340 e. The van der Waals surface area contributed by atoms with Gasteiger partial charge in [-0.25, -0.2) is 15.2 Å². The number of hydrogen-bond acceptors (Lipinski definition) is 4. The maximum atomic E-state index is 13.4. The van der Waals surface area contributed by atoms with Crippen LogP contribution in [0.3, 0.4) is 0 Å². The van der Waals surface area contributed by atoms with E-state index >= 15 is 0 Å². The average molecular weight is 365 g/mol. The van der Waals surface area contributed by atoms with Crippen molar-refractivity contribution in [3.05, 3.63) is 46.2 Å². The van der Waals surface area contributed by atoms with Crippen LogP contribution in [0.5, 0.6) is 0 Å². The number of hydrogen-bond donors (Lipinski definition) is 3. The number of rotatable bonds is 3. The zero-order valence-corrected chi connectivity index (χ0v) is 11.9. The Morgan fingerprint density at radius 1 is 1.10 bits per heavy atom. The topological polar surface area (TPSA) is 63.0 Å². The number of alkyl halides is 3. The standard InChI is InChI=1S/C12H9BrF4N4/c13-8-2-1-7(5-9(8)14)19-10-3-6(12(15,16)17)4-11(20-10)21-18/h1-5H,18H2,(H2,19,20,21). The number of anilines is 3. The molecule has 1 heterocycles. The van der Waals surface area contributed by atoms with Crippen molar-refractivity contribution in [2.24, 2.45) is 5.84 Å². The van der Waals surface area contributed by atoms with E-state index in [4.69, 9.17) is 5.84 Å². The van der Waals surface area contributed by atoms with Crippen molar-refractivity contribution < 1.29 is 17.6 Å². The number of nitrogens with two attached hydrogens (primary N) is 1. The molecule has 112 valence electrons. The molecule has 2 rings (SSSR count). The van der Waals surface area contributed by atoms with Gasteiger partial charge >= 0.3 is 6.18 Å². The van der Waals surface area contributed by atoms with E-state index in [2.05, 4.69) is 31.7 Å². The lowest BCUT2D eigenvalue weighted by molar-refractivity contribution is -0.137. The summed E-state index contributed by atoms with van der Waals surface area (Å²) < 4.78 is 51.9. The lowest BCUT2D eigenvalue weighted by atomic mass is 10.2. The molecule has 0 saturated heterocycles. The molecule has 0 saturated carbocycles. The fourth-order valence-corrected chi connectivity index (χ4v) is 1.80. The van der Waals surface area contributed by atoms with Crippen molar-refractivity contribution in [1.82, 2.24) is 4.98 Å². The molecule has 21 heavy (non-hydrogen) atoms. The zero-order valence-electron chi connectivity index (χ0n) is 10.3. The molecule has 9 heteroatoms. The number of nitrogen functional groups attached to an aromatic ring is 1. The zero-order chi connectivity index (χ0) is 15.6. The molecule has 0 amide bonds. The van der Waals surface area contributed by atoms with E-state index in [1.54, 1.807) is 0 Å². The third-order valence-electron chi connectivity index (χ3n) is 2.49. The third kappa shape index (κ3) is 3.82. The molecule has 0 bridgehead atoms. The SMILES string of the molecule is NNc1cc(C(F)(F)F)cc(Nc2ccc(Br)c(F)c2)n1. The molecule has 4 nitrogen and oxygen atoms in total. The lowest BCUT2D eigenvalue weighted by Gasteiger charge is -2.12. The first-order chi connectivity index (χ1) is 9.79. The Morgan fingerprint density at radius 3 is 2.33 bits per heavy atom. The quantitative estimate of drug-likeness (QED) is 0.437. The number of benzene rings is 1. The number of nitrogens with one attached hydrogen (secondary N) is 2. The molecule has 4 N–H and O–H groups in total. The summed E-state index contributed by atoms with van der Waals surface area (Å²) in [6, 6.07) is 5.62. The molecular weight excluding hydrogens is 356 g/mol. The predicted molar refractivity (Wildman–Crippen MR) is 74.4 cm³/mol. The van der Waals surface area contributed by atoms with Gasteiger partial charge in [0.15, 0.2) is 0 Å². The van der Waals surface area contributed by atoms with Gasteiger partial charge in [-0.2, -0.15) is 13.2 Å². The molecule has 0 aliphatic rings. The van der Waals surface area contributed by atoms with Gasteiger partial charge in [-0.15, -0.1) is 0 Å². The Kier molecular flexibility index (Phi) is 4.33. The summed E-state index contributed by atoms with van der Waals surface area (Å²) in [5.41, 5.74) is 1.38. The summed E-state index contributed by atoms with van der Waals surface area (Å²) in [6.45, 7) is 0. The molecule has 1 aromatic carbocycles. The van der Waals surface area contributed by atoms with Crippen LogP contribution < -0.4 is 16.6 Å². The largest absolute Gasteiger partial charge is 0.416 e. The number of nitrogens with zero attached hydrogens (tertiary/aromatic N) is 1. The maximum Gasteiger partial charge on any atom is 0.416 e. The van der Waals surface area contributed by atoms with Crippen molar-refractivity contribution in [3.63, 3.8) is 0 Å². The number of halogens is 5. The minimum absolute atomic E-state index is 0.112. The van der Waals surface area contributed by atoms with Gasteiger partial charge in [0, 0.05) is 5.69 Å². The Morgan fingerprint density at radius 2 is 1.76 bits per heavy atom. The van der Waals surface area contributed by atoms with Gasteiger partial charge in [-0.1, -0.05) is 0 Å². The summed E-state index contributed by atoms with van der Waals surface area (Å²) in [6.07, 6.45) is -4.55. The Balaban J connectivity index is 2.36. The molecule has 0 unspecified atom stereocenters. The predicted octanol–water partition coefficient (Wildman–Crippen LogP) is 4.03. The summed E-state index contributed by atoms with van der Waals surface area (Å²) in [4.78, 5) is 3.83. The number of pyridine rings is 1. The van der Waals surface area contributed by atoms with Gasteiger partial charge < -0.3 is 10.7 Å². The molecule has 0 aliphatic carbocycles. The highest BCUT2D eigenvalue weighted by Crippen LogP contribution is 2.32. The fourth-order valence-electron chi connectivity index (χ4n) is 1.55. The van der Waals surface area contributed by atoms with E-state index < -0.39 is 17.6 Å². The van der Waals surface area contributed by atoms with Crippen molar-refractivity contribution >= 4 is 33.3 Å². The highest BCUT2D eigenvalue weighted by atomic mass is 79.9. The highest BCUT2D eigenvalue weighted by Gasteiger charge is 2.31. The molecule has 0 radical (unpaired) electrons. The summed E-state index contributed by atoms with van der Waals surface area (Å²) in [5.74, 6) is 4.27. The van der Waals surface area contributed by atoms with Crippen molar-refractivity contribution in [1.29, 1.82) is 0 Å². The van der Waals surface area contributed by atoms with Gasteiger partial charge in [0.1, 0.15) is 17.5 Å².